The summed E-state index contributed by atoms with van der Waals surface area (Å²) in [7, 11) is 0. The Morgan fingerprint density at radius 3 is 2.83 bits per heavy atom. The zero-order valence-electron chi connectivity index (χ0n) is 12.6. The van der Waals surface area contributed by atoms with E-state index in [1.807, 2.05) is 24.3 Å². The number of benzene rings is 1. The minimum atomic E-state index is -0.957. The van der Waals surface area contributed by atoms with Gasteiger partial charge in [0.2, 0.25) is 5.91 Å². The highest BCUT2D eigenvalue weighted by Crippen LogP contribution is 2.27. The van der Waals surface area contributed by atoms with Crippen molar-refractivity contribution >= 4 is 39.2 Å². The number of hydrogen-bond acceptors (Lipinski definition) is 4. The van der Waals surface area contributed by atoms with Crippen LogP contribution in [0.15, 0.2) is 52.1 Å². The molecule has 24 heavy (non-hydrogen) atoms. The van der Waals surface area contributed by atoms with Gasteiger partial charge in [0.15, 0.2) is 0 Å². The molecule has 1 aliphatic heterocycles. The van der Waals surface area contributed by atoms with Crippen LogP contribution < -0.4 is 5.32 Å². The second kappa shape index (κ2) is 6.92. The molecular weight excluding hydrogens is 374 g/mol. The fraction of sp³-hybridized carbons (Fsp3) is 0.176. The maximum Gasteiger partial charge on any atom is 0.303 e. The highest BCUT2D eigenvalue weighted by molar-refractivity contribution is 9.10. The van der Waals surface area contributed by atoms with Gasteiger partial charge >= 0.3 is 5.97 Å². The van der Waals surface area contributed by atoms with Crippen molar-refractivity contribution in [1.82, 2.24) is 4.98 Å². The van der Waals surface area contributed by atoms with Gasteiger partial charge in [-0.05, 0) is 36.8 Å². The molecule has 0 unspecified atom stereocenters. The molecule has 0 spiro atoms. The number of hydrogen-bond donors (Lipinski definition) is 2. The molecule has 0 bridgehead atoms. The van der Waals surface area contributed by atoms with E-state index in [9.17, 15) is 9.59 Å². The van der Waals surface area contributed by atoms with E-state index in [-0.39, 0.29) is 18.7 Å². The third-order valence-electron chi connectivity index (χ3n) is 3.62. The van der Waals surface area contributed by atoms with Gasteiger partial charge in [-0.15, -0.1) is 0 Å². The molecule has 1 aromatic carbocycles. The number of benzodiazepines with no additional fused rings is 1. The number of aromatic nitrogens is 1. The molecule has 2 N–H and O–H groups in total. The van der Waals surface area contributed by atoms with E-state index in [4.69, 9.17) is 5.11 Å². The molecule has 6 nitrogen and oxygen atoms in total. The Morgan fingerprint density at radius 2 is 2.12 bits per heavy atom. The van der Waals surface area contributed by atoms with Crippen molar-refractivity contribution in [3.05, 3.63) is 58.3 Å². The average Bonchev–Trinajstić information content (AvgIpc) is 2.70. The van der Waals surface area contributed by atoms with Crippen molar-refractivity contribution in [2.24, 2.45) is 4.99 Å². The number of pyridine rings is 1. The number of carbonyl (C=O) groups is 2. The SMILES string of the molecule is O=C(O)CC[C@@H]1N=C(c2ccccn2)c2cc(Br)ccc2NC1=O. The number of carbonyl (C=O) groups excluding carboxylic acids is 1. The Bertz CT molecular complexity index is 821. The number of halogens is 1. The van der Waals surface area contributed by atoms with Gasteiger partial charge in [-0.1, -0.05) is 22.0 Å². The Morgan fingerprint density at radius 1 is 1.29 bits per heavy atom. The monoisotopic (exact) mass is 387 g/mol. The molecule has 1 aromatic heterocycles. The summed E-state index contributed by atoms with van der Waals surface area (Å²) in [6.07, 6.45) is 1.66. The van der Waals surface area contributed by atoms with Crippen LogP contribution in [0, 0.1) is 0 Å². The summed E-state index contributed by atoms with van der Waals surface area (Å²) in [5, 5.41) is 11.7. The Labute approximate surface area is 146 Å². The van der Waals surface area contributed by atoms with Gasteiger partial charge in [0.05, 0.1) is 17.1 Å². The molecule has 0 saturated heterocycles. The van der Waals surface area contributed by atoms with Gasteiger partial charge in [-0.3, -0.25) is 19.6 Å². The first-order valence-corrected chi connectivity index (χ1v) is 8.15. The largest absolute Gasteiger partial charge is 0.481 e. The third-order valence-corrected chi connectivity index (χ3v) is 4.11. The Balaban J connectivity index is 2.10. The van der Waals surface area contributed by atoms with Crippen molar-refractivity contribution < 1.29 is 14.7 Å². The molecule has 1 aliphatic rings. The zero-order chi connectivity index (χ0) is 17.1. The Hall–Kier alpha value is -2.54. The fourth-order valence-electron chi connectivity index (χ4n) is 2.48. The summed E-state index contributed by atoms with van der Waals surface area (Å²) < 4.78 is 0.850. The number of fused-ring (bicyclic) bond motifs is 1. The zero-order valence-corrected chi connectivity index (χ0v) is 14.2. The van der Waals surface area contributed by atoms with Crippen molar-refractivity contribution in [2.45, 2.75) is 18.9 Å². The molecule has 2 aromatic rings. The minimum absolute atomic E-state index is 0.128. The topological polar surface area (TPSA) is 91.7 Å². The number of amides is 1. The Kier molecular flexibility index (Phi) is 4.71. The lowest BCUT2D eigenvalue weighted by Gasteiger charge is -2.09. The molecule has 122 valence electrons. The molecule has 0 aliphatic carbocycles. The number of nitrogens with one attached hydrogen (secondary N) is 1. The molecule has 1 atom stereocenters. The highest BCUT2D eigenvalue weighted by Gasteiger charge is 2.26. The second-order valence-corrected chi connectivity index (χ2v) is 6.24. The van der Waals surface area contributed by atoms with E-state index in [1.54, 1.807) is 18.3 Å². The van der Waals surface area contributed by atoms with Crippen molar-refractivity contribution in [1.29, 1.82) is 0 Å². The number of carboxylic acids is 1. The second-order valence-electron chi connectivity index (χ2n) is 5.32. The van der Waals surface area contributed by atoms with E-state index in [0.29, 0.717) is 17.1 Å². The smallest absolute Gasteiger partial charge is 0.303 e. The summed E-state index contributed by atoms with van der Waals surface area (Å²) in [5.41, 5.74) is 2.58. The lowest BCUT2D eigenvalue weighted by Crippen LogP contribution is -2.26. The first-order chi connectivity index (χ1) is 11.5. The average molecular weight is 388 g/mol. The minimum Gasteiger partial charge on any atom is -0.481 e. The van der Waals surface area contributed by atoms with Crippen LogP contribution in [0.4, 0.5) is 5.69 Å². The number of anilines is 1. The standard InChI is InChI=1S/C17H14BrN3O3/c18-10-4-5-12-11(9-10)16(13-3-1-2-8-19-13)20-14(17(24)21-12)6-7-15(22)23/h1-5,8-9,14H,6-7H2,(H,21,24)(H,22,23)/t14-/m0/s1. The fourth-order valence-corrected chi connectivity index (χ4v) is 2.85. The maximum atomic E-state index is 12.4. The molecule has 0 saturated carbocycles. The van der Waals surface area contributed by atoms with Crippen molar-refractivity contribution in [3.8, 4) is 0 Å². The van der Waals surface area contributed by atoms with Gasteiger partial charge in [-0.25, -0.2) is 0 Å². The summed E-state index contributed by atoms with van der Waals surface area (Å²) in [6, 6.07) is 10.2. The summed E-state index contributed by atoms with van der Waals surface area (Å²) in [6.45, 7) is 0. The lowest BCUT2D eigenvalue weighted by molar-refractivity contribution is -0.137. The van der Waals surface area contributed by atoms with Crippen LogP contribution in [0.2, 0.25) is 0 Å². The van der Waals surface area contributed by atoms with E-state index < -0.39 is 12.0 Å². The first-order valence-electron chi connectivity index (χ1n) is 7.36. The number of aliphatic imine (C=N–C) groups is 1. The number of rotatable bonds is 4. The van der Waals surface area contributed by atoms with Crippen LogP contribution in [-0.4, -0.2) is 33.7 Å². The number of nitrogens with zero attached hydrogens (tertiary/aromatic N) is 2. The van der Waals surface area contributed by atoms with E-state index >= 15 is 0 Å². The molecule has 7 heteroatoms. The first kappa shape index (κ1) is 16.3. The van der Waals surface area contributed by atoms with Gasteiger partial charge in [0.1, 0.15) is 6.04 Å². The normalized spacial score (nSPS) is 16.6. The molecule has 3 rings (SSSR count). The molecule has 0 fully saturated rings. The quantitative estimate of drug-likeness (QED) is 0.843. The van der Waals surface area contributed by atoms with E-state index in [0.717, 1.165) is 10.0 Å². The maximum absolute atomic E-state index is 12.4. The van der Waals surface area contributed by atoms with Gasteiger partial charge in [0.25, 0.3) is 0 Å². The highest BCUT2D eigenvalue weighted by atomic mass is 79.9. The van der Waals surface area contributed by atoms with E-state index in [1.165, 1.54) is 0 Å². The van der Waals surface area contributed by atoms with Crippen molar-refractivity contribution in [3.63, 3.8) is 0 Å². The number of carboxylic acid groups (broad SMARTS) is 1. The van der Waals surface area contributed by atoms with Crippen LogP contribution in [0.25, 0.3) is 0 Å². The van der Waals surface area contributed by atoms with Crippen LogP contribution in [0.3, 0.4) is 0 Å². The van der Waals surface area contributed by atoms with Crippen molar-refractivity contribution in [2.75, 3.05) is 5.32 Å². The van der Waals surface area contributed by atoms with Gasteiger partial charge in [-0.2, -0.15) is 0 Å². The summed E-state index contributed by atoms with van der Waals surface area (Å²) >= 11 is 3.43. The lowest BCUT2D eigenvalue weighted by atomic mass is 10.0. The van der Waals surface area contributed by atoms with E-state index in [2.05, 4.69) is 31.2 Å². The van der Waals surface area contributed by atoms with Gasteiger partial charge < -0.3 is 10.4 Å². The van der Waals surface area contributed by atoms with Crippen LogP contribution in [0.5, 0.6) is 0 Å². The number of aliphatic carboxylic acids is 1. The van der Waals surface area contributed by atoms with Crippen LogP contribution >= 0.6 is 15.9 Å². The molecule has 1 amide bonds. The third kappa shape index (κ3) is 3.51. The molecule has 2 heterocycles. The molecular formula is C17H14BrN3O3. The van der Waals surface area contributed by atoms with Crippen LogP contribution in [0.1, 0.15) is 24.1 Å². The predicted molar refractivity (Wildman–Crippen MR) is 93.3 cm³/mol. The summed E-state index contributed by atoms with van der Waals surface area (Å²) in [4.78, 5) is 32.1. The van der Waals surface area contributed by atoms with Crippen LogP contribution in [-0.2, 0) is 9.59 Å². The van der Waals surface area contributed by atoms with Gasteiger partial charge in [0, 0.05) is 22.7 Å². The predicted octanol–water partition coefficient (Wildman–Crippen LogP) is 2.87. The molecule has 0 radical (unpaired) electrons. The summed E-state index contributed by atoms with van der Waals surface area (Å²) in [5.74, 6) is -1.27.